The van der Waals surface area contributed by atoms with Crippen LogP contribution in [0.3, 0.4) is 0 Å². The lowest BCUT2D eigenvalue weighted by atomic mass is 10.2. The van der Waals surface area contributed by atoms with E-state index in [4.69, 9.17) is 23.2 Å². The van der Waals surface area contributed by atoms with E-state index in [1.807, 2.05) is 0 Å². The minimum Gasteiger partial charge on any atom is -0.323 e. The molecule has 3 rings (SSSR count). The number of hydrogen-bond donors (Lipinski definition) is 1. The van der Waals surface area contributed by atoms with Gasteiger partial charge in [-0.1, -0.05) is 35.3 Å². The van der Waals surface area contributed by atoms with Crippen LogP contribution < -0.4 is 14.5 Å². The third-order valence-corrected chi connectivity index (χ3v) is 5.46. The Morgan fingerprint density at radius 3 is 2.44 bits per heavy atom. The number of rotatable bonds is 4. The number of halogens is 2. The van der Waals surface area contributed by atoms with Crippen LogP contribution in [0.25, 0.3) is 0 Å². The van der Waals surface area contributed by atoms with E-state index >= 15 is 0 Å². The molecular weight excluding hydrogens is 413 g/mol. The average molecular weight is 428 g/mol. The van der Waals surface area contributed by atoms with Crippen molar-refractivity contribution in [2.24, 2.45) is 0 Å². The molecule has 0 aliphatic carbocycles. The van der Waals surface area contributed by atoms with Gasteiger partial charge in [-0.05, 0) is 30.3 Å². The van der Waals surface area contributed by atoms with Crippen molar-refractivity contribution >= 4 is 62.1 Å². The molecule has 0 aromatic heterocycles. The van der Waals surface area contributed by atoms with E-state index in [2.05, 4.69) is 5.32 Å². The number of carbonyl (C=O) groups is 2. The van der Waals surface area contributed by atoms with Crippen molar-refractivity contribution in [2.45, 2.75) is 0 Å². The highest BCUT2D eigenvalue weighted by Crippen LogP contribution is 2.30. The van der Waals surface area contributed by atoms with Crippen LogP contribution in [0.4, 0.5) is 17.1 Å². The Morgan fingerprint density at radius 1 is 1.19 bits per heavy atom. The van der Waals surface area contributed by atoms with Gasteiger partial charge in [0, 0.05) is 10.0 Å². The van der Waals surface area contributed by atoms with Crippen LogP contribution in [0.2, 0.25) is 10.0 Å². The maximum Gasteiger partial charge on any atom is 0.248 e. The Hall–Kier alpha value is -2.29. The Bertz CT molecular complexity index is 1010. The van der Waals surface area contributed by atoms with Crippen LogP contribution in [0, 0.1) is 0 Å². The smallest absolute Gasteiger partial charge is 0.248 e. The van der Waals surface area contributed by atoms with E-state index in [1.54, 1.807) is 24.3 Å². The molecule has 1 heterocycles. The number of anilines is 3. The molecule has 1 aliphatic rings. The summed E-state index contributed by atoms with van der Waals surface area (Å²) >= 11 is 11.9. The molecule has 2 amide bonds. The van der Waals surface area contributed by atoms with E-state index in [9.17, 15) is 18.0 Å². The molecule has 0 saturated carbocycles. The number of fused-ring (bicyclic) bond motifs is 1. The molecule has 0 spiro atoms. The standard InChI is InChI=1S/C17H15Cl2N3O4S/c1-27(25,26)22(13-7-11(18)6-12(19)8-13)10-17(24)21-9-16(23)20-14-4-2-3-5-15(14)21/h2-8H,9-10H2,1H3,(H,20,23). The number of para-hydroxylation sites is 2. The fraction of sp³-hybridized carbons (Fsp3) is 0.176. The summed E-state index contributed by atoms with van der Waals surface area (Å²) in [6.07, 6.45) is 0.978. The summed E-state index contributed by atoms with van der Waals surface area (Å²) in [6, 6.07) is 11.0. The molecule has 27 heavy (non-hydrogen) atoms. The first kappa shape index (κ1) is 19.5. The molecule has 1 aliphatic heterocycles. The van der Waals surface area contributed by atoms with Crippen molar-refractivity contribution in [1.82, 2.24) is 0 Å². The predicted molar refractivity (Wildman–Crippen MR) is 106 cm³/mol. The molecule has 0 fully saturated rings. The van der Waals surface area contributed by atoms with Crippen LogP contribution in [-0.2, 0) is 19.6 Å². The zero-order valence-electron chi connectivity index (χ0n) is 14.1. The third kappa shape index (κ3) is 4.35. The second kappa shape index (κ2) is 7.38. The number of carbonyl (C=O) groups excluding carboxylic acids is 2. The van der Waals surface area contributed by atoms with E-state index in [0.29, 0.717) is 11.4 Å². The van der Waals surface area contributed by atoms with Crippen LogP contribution in [0.5, 0.6) is 0 Å². The van der Waals surface area contributed by atoms with E-state index < -0.39 is 22.5 Å². The lowest BCUT2D eigenvalue weighted by Crippen LogP contribution is -2.47. The van der Waals surface area contributed by atoms with Crippen molar-refractivity contribution in [3.05, 3.63) is 52.5 Å². The lowest BCUT2D eigenvalue weighted by molar-refractivity contribution is -0.121. The first-order valence-corrected chi connectivity index (χ1v) is 10.4. The van der Waals surface area contributed by atoms with Gasteiger partial charge in [0.05, 0.1) is 23.3 Å². The number of nitrogens with one attached hydrogen (secondary N) is 1. The Labute approximate surface area is 166 Å². The number of benzene rings is 2. The molecule has 0 saturated heterocycles. The molecular formula is C17H15Cl2N3O4S. The van der Waals surface area contributed by atoms with E-state index in [-0.39, 0.29) is 28.2 Å². The molecule has 1 N–H and O–H groups in total. The number of amides is 2. The van der Waals surface area contributed by atoms with Gasteiger partial charge in [-0.25, -0.2) is 8.42 Å². The van der Waals surface area contributed by atoms with Crippen molar-refractivity contribution in [3.8, 4) is 0 Å². The Kier molecular flexibility index (Phi) is 5.32. The fourth-order valence-corrected chi connectivity index (χ4v) is 4.10. The van der Waals surface area contributed by atoms with Crippen molar-refractivity contribution in [2.75, 3.05) is 33.9 Å². The first-order chi connectivity index (χ1) is 12.6. The van der Waals surface area contributed by atoms with Gasteiger partial charge in [-0.3, -0.25) is 18.8 Å². The van der Waals surface area contributed by atoms with Gasteiger partial charge in [0.2, 0.25) is 21.8 Å². The van der Waals surface area contributed by atoms with Crippen LogP contribution in [0.15, 0.2) is 42.5 Å². The topological polar surface area (TPSA) is 86.8 Å². The highest BCUT2D eigenvalue weighted by molar-refractivity contribution is 7.92. The maximum absolute atomic E-state index is 12.9. The summed E-state index contributed by atoms with van der Waals surface area (Å²) in [7, 11) is -3.81. The molecule has 2 aromatic carbocycles. The van der Waals surface area contributed by atoms with Gasteiger partial charge in [0.25, 0.3) is 0 Å². The van der Waals surface area contributed by atoms with Crippen molar-refractivity contribution in [1.29, 1.82) is 0 Å². The number of sulfonamides is 1. The molecule has 0 radical (unpaired) electrons. The zero-order chi connectivity index (χ0) is 19.8. The van der Waals surface area contributed by atoms with Crippen molar-refractivity contribution in [3.63, 3.8) is 0 Å². The summed E-state index contributed by atoms with van der Waals surface area (Å²) in [4.78, 5) is 26.0. The number of nitrogens with zero attached hydrogens (tertiary/aromatic N) is 2. The van der Waals surface area contributed by atoms with Gasteiger partial charge < -0.3 is 5.32 Å². The molecule has 0 atom stereocenters. The molecule has 7 nitrogen and oxygen atoms in total. The van der Waals surface area contributed by atoms with Gasteiger partial charge in [-0.15, -0.1) is 0 Å². The largest absolute Gasteiger partial charge is 0.323 e. The normalized spacial score (nSPS) is 13.7. The Morgan fingerprint density at radius 2 is 1.81 bits per heavy atom. The lowest BCUT2D eigenvalue weighted by Gasteiger charge is -2.31. The fourth-order valence-electron chi connectivity index (χ4n) is 2.75. The molecule has 0 bridgehead atoms. The average Bonchev–Trinajstić information content (AvgIpc) is 2.56. The van der Waals surface area contributed by atoms with Crippen molar-refractivity contribution < 1.29 is 18.0 Å². The highest BCUT2D eigenvalue weighted by atomic mass is 35.5. The first-order valence-electron chi connectivity index (χ1n) is 7.78. The summed E-state index contributed by atoms with van der Waals surface area (Å²) in [5, 5.41) is 3.15. The molecule has 0 unspecified atom stereocenters. The zero-order valence-corrected chi connectivity index (χ0v) is 16.5. The summed E-state index contributed by atoms with van der Waals surface area (Å²) in [6.45, 7) is -0.707. The minimum atomic E-state index is -3.81. The minimum absolute atomic E-state index is 0.165. The second-order valence-corrected chi connectivity index (χ2v) is 8.72. The number of hydrogen-bond acceptors (Lipinski definition) is 4. The molecule has 10 heteroatoms. The summed E-state index contributed by atoms with van der Waals surface area (Å²) in [5.41, 5.74) is 1.15. The molecule has 142 valence electrons. The van der Waals surface area contributed by atoms with Crippen LogP contribution in [-0.4, -0.2) is 39.6 Å². The second-order valence-electron chi connectivity index (χ2n) is 5.94. The van der Waals surface area contributed by atoms with E-state index in [1.165, 1.54) is 23.1 Å². The molecule has 2 aromatic rings. The third-order valence-electron chi connectivity index (χ3n) is 3.89. The monoisotopic (exact) mass is 427 g/mol. The SMILES string of the molecule is CS(=O)(=O)N(CC(=O)N1CC(=O)Nc2ccccc21)c1cc(Cl)cc(Cl)c1. The van der Waals surface area contributed by atoms with Gasteiger partial charge in [0.1, 0.15) is 13.1 Å². The van der Waals surface area contributed by atoms with E-state index in [0.717, 1.165) is 10.6 Å². The predicted octanol–water partition coefficient (Wildman–Crippen LogP) is 2.74. The van der Waals surface area contributed by atoms with Crippen LogP contribution >= 0.6 is 23.2 Å². The summed E-state index contributed by atoms with van der Waals surface area (Å²) < 4.78 is 25.4. The van der Waals surface area contributed by atoms with Gasteiger partial charge in [-0.2, -0.15) is 0 Å². The highest BCUT2D eigenvalue weighted by Gasteiger charge is 2.30. The van der Waals surface area contributed by atoms with Gasteiger partial charge >= 0.3 is 0 Å². The van der Waals surface area contributed by atoms with Crippen LogP contribution in [0.1, 0.15) is 0 Å². The Balaban J connectivity index is 1.95. The van der Waals surface area contributed by atoms with Gasteiger partial charge in [0.15, 0.2) is 0 Å². The quantitative estimate of drug-likeness (QED) is 0.812. The maximum atomic E-state index is 12.9. The summed E-state index contributed by atoms with van der Waals surface area (Å²) in [5.74, 6) is -0.919.